The maximum Gasteiger partial charge on any atom is 0.255 e. The van der Waals surface area contributed by atoms with E-state index in [4.69, 9.17) is 11.6 Å². The number of amides is 1. The molecule has 4 nitrogen and oxygen atoms in total. The van der Waals surface area contributed by atoms with Crippen LogP contribution in [-0.4, -0.2) is 10.9 Å². The molecule has 0 atom stereocenters. The molecule has 3 rings (SSSR count). The summed E-state index contributed by atoms with van der Waals surface area (Å²) in [6.45, 7) is 0. The Morgan fingerprint density at radius 3 is 2.56 bits per heavy atom. The summed E-state index contributed by atoms with van der Waals surface area (Å²) in [7, 11) is 0. The lowest BCUT2D eigenvalue weighted by Gasteiger charge is -2.09. The molecule has 0 saturated heterocycles. The highest BCUT2D eigenvalue weighted by atomic mass is 35.5. The number of aromatic nitrogens is 1. The Bertz CT molecular complexity index is 934. The second kappa shape index (κ2) is 7.27. The van der Waals surface area contributed by atoms with Crippen LogP contribution in [0.4, 0.5) is 26.0 Å². The Kier molecular flexibility index (Phi) is 4.90. The number of hydrogen-bond donors (Lipinski definition) is 2. The van der Waals surface area contributed by atoms with Crippen LogP contribution in [0.15, 0.2) is 60.8 Å². The lowest BCUT2D eigenvalue weighted by atomic mass is 10.2. The molecular weight excluding hydrogens is 348 g/mol. The third-order valence-electron chi connectivity index (χ3n) is 3.30. The van der Waals surface area contributed by atoms with E-state index in [1.807, 2.05) is 0 Å². The number of benzene rings is 2. The molecule has 0 fully saturated rings. The summed E-state index contributed by atoms with van der Waals surface area (Å²) < 4.78 is 26.2. The number of carbonyl (C=O) groups is 1. The van der Waals surface area contributed by atoms with E-state index in [0.717, 1.165) is 12.1 Å². The van der Waals surface area contributed by atoms with E-state index in [9.17, 15) is 13.6 Å². The monoisotopic (exact) mass is 359 g/mol. The first-order valence-corrected chi connectivity index (χ1v) is 7.64. The van der Waals surface area contributed by atoms with Crippen LogP contribution < -0.4 is 10.6 Å². The van der Waals surface area contributed by atoms with Gasteiger partial charge in [-0.3, -0.25) is 4.79 Å². The van der Waals surface area contributed by atoms with Gasteiger partial charge < -0.3 is 10.6 Å². The van der Waals surface area contributed by atoms with Gasteiger partial charge in [0.25, 0.3) is 5.91 Å². The average molecular weight is 360 g/mol. The van der Waals surface area contributed by atoms with Crippen LogP contribution in [0.25, 0.3) is 0 Å². The number of nitrogens with zero attached hydrogens (tertiary/aromatic N) is 1. The molecule has 0 spiro atoms. The molecule has 126 valence electrons. The van der Waals surface area contributed by atoms with Gasteiger partial charge in [0.05, 0.1) is 0 Å². The highest BCUT2D eigenvalue weighted by Gasteiger charge is 2.09. The van der Waals surface area contributed by atoms with Crippen molar-refractivity contribution in [1.82, 2.24) is 4.98 Å². The maximum atomic E-state index is 13.3. The van der Waals surface area contributed by atoms with Crippen LogP contribution in [0.5, 0.6) is 0 Å². The number of halogens is 3. The van der Waals surface area contributed by atoms with Crippen molar-refractivity contribution >= 4 is 34.7 Å². The van der Waals surface area contributed by atoms with E-state index in [2.05, 4.69) is 15.6 Å². The molecule has 0 radical (unpaired) electrons. The lowest BCUT2D eigenvalue weighted by molar-refractivity contribution is 0.102. The van der Waals surface area contributed by atoms with Gasteiger partial charge in [-0.25, -0.2) is 13.8 Å². The summed E-state index contributed by atoms with van der Waals surface area (Å²) in [6.07, 6.45) is 1.44. The minimum atomic E-state index is -0.972. The van der Waals surface area contributed by atoms with Gasteiger partial charge in [-0.05, 0) is 42.5 Å². The molecule has 25 heavy (non-hydrogen) atoms. The zero-order valence-electron chi connectivity index (χ0n) is 12.8. The Hall–Kier alpha value is -2.99. The van der Waals surface area contributed by atoms with Crippen molar-refractivity contribution in [3.63, 3.8) is 0 Å². The van der Waals surface area contributed by atoms with E-state index in [-0.39, 0.29) is 5.91 Å². The van der Waals surface area contributed by atoms with Crippen molar-refractivity contribution in [2.24, 2.45) is 0 Å². The lowest BCUT2D eigenvalue weighted by Crippen LogP contribution is -2.12. The molecule has 0 aliphatic heterocycles. The van der Waals surface area contributed by atoms with E-state index in [1.165, 1.54) is 24.4 Å². The van der Waals surface area contributed by atoms with Gasteiger partial charge in [0.15, 0.2) is 11.6 Å². The summed E-state index contributed by atoms with van der Waals surface area (Å²) in [4.78, 5) is 16.4. The zero-order valence-corrected chi connectivity index (χ0v) is 13.5. The minimum Gasteiger partial charge on any atom is -0.340 e. The fraction of sp³-hybridized carbons (Fsp3) is 0. The van der Waals surface area contributed by atoms with Crippen molar-refractivity contribution in [1.29, 1.82) is 0 Å². The number of anilines is 3. The Morgan fingerprint density at radius 2 is 1.80 bits per heavy atom. The van der Waals surface area contributed by atoms with Gasteiger partial charge in [-0.15, -0.1) is 0 Å². The summed E-state index contributed by atoms with van der Waals surface area (Å²) in [5.74, 6) is -1.93. The van der Waals surface area contributed by atoms with Gasteiger partial charge >= 0.3 is 0 Å². The van der Waals surface area contributed by atoms with Crippen molar-refractivity contribution in [2.45, 2.75) is 0 Å². The number of nitrogens with one attached hydrogen (secondary N) is 2. The molecule has 7 heteroatoms. The first-order chi connectivity index (χ1) is 12.0. The molecule has 1 heterocycles. The van der Waals surface area contributed by atoms with Crippen molar-refractivity contribution in [3.8, 4) is 0 Å². The van der Waals surface area contributed by atoms with Crippen LogP contribution in [0, 0.1) is 11.6 Å². The predicted molar refractivity (Wildman–Crippen MR) is 93.3 cm³/mol. The van der Waals surface area contributed by atoms with Gasteiger partial charge in [0, 0.05) is 34.2 Å². The van der Waals surface area contributed by atoms with Gasteiger partial charge in [0.2, 0.25) is 0 Å². The second-order valence-electron chi connectivity index (χ2n) is 5.15. The Balaban J connectivity index is 1.76. The van der Waals surface area contributed by atoms with Crippen LogP contribution in [0.1, 0.15) is 10.4 Å². The third-order valence-corrected chi connectivity index (χ3v) is 3.53. The summed E-state index contributed by atoms with van der Waals surface area (Å²) >= 11 is 5.89. The number of rotatable bonds is 4. The Labute approximate surface area is 147 Å². The SMILES string of the molecule is O=C(Nc1cccc(Cl)c1)c1ccnc(Nc2ccc(F)c(F)c2)c1. The summed E-state index contributed by atoms with van der Waals surface area (Å²) in [5, 5.41) is 6.05. The van der Waals surface area contributed by atoms with Crippen molar-refractivity contribution < 1.29 is 13.6 Å². The van der Waals surface area contributed by atoms with E-state index in [1.54, 1.807) is 24.3 Å². The maximum absolute atomic E-state index is 13.3. The van der Waals surface area contributed by atoms with Crippen LogP contribution in [0.2, 0.25) is 5.02 Å². The van der Waals surface area contributed by atoms with E-state index < -0.39 is 11.6 Å². The fourth-order valence-corrected chi connectivity index (χ4v) is 2.32. The number of hydrogen-bond acceptors (Lipinski definition) is 3. The van der Waals surface area contributed by atoms with E-state index in [0.29, 0.717) is 27.8 Å². The van der Waals surface area contributed by atoms with Gasteiger partial charge in [-0.2, -0.15) is 0 Å². The molecular formula is C18H12ClF2N3O. The molecule has 0 saturated carbocycles. The van der Waals surface area contributed by atoms with E-state index >= 15 is 0 Å². The highest BCUT2D eigenvalue weighted by Crippen LogP contribution is 2.19. The summed E-state index contributed by atoms with van der Waals surface area (Å²) in [6, 6.07) is 13.2. The zero-order chi connectivity index (χ0) is 17.8. The van der Waals surface area contributed by atoms with Gasteiger partial charge in [0.1, 0.15) is 5.82 Å². The van der Waals surface area contributed by atoms with Crippen LogP contribution in [0.3, 0.4) is 0 Å². The molecule has 2 N–H and O–H groups in total. The third kappa shape index (κ3) is 4.30. The summed E-state index contributed by atoms with van der Waals surface area (Å²) in [5.41, 5.74) is 1.23. The molecule has 0 aliphatic carbocycles. The highest BCUT2D eigenvalue weighted by molar-refractivity contribution is 6.30. The molecule has 0 unspecified atom stereocenters. The molecule has 1 amide bonds. The standard InChI is InChI=1S/C18H12ClF2N3O/c19-12-2-1-3-13(9-12)24-18(25)11-6-7-22-17(8-11)23-14-4-5-15(20)16(21)10-14/h1-10H,(H,22,23)(H,24,25). The predicted octanol–water partition coefficient (Wildman–Crippen LogP) is 5.01. The molecule has 3 aromatic rings. The second-order valence-corrected chi connectivity index (χ2v) is 5.58. The topological polar surface area (TPSA) is 54.0 Å². The molecule has 0 bridgehead atoms. The first kappa shape index (κ1) is 16.9. The average Bonchev–Trinajstić information content (AvgIpc) is 2.58. The Morgan fingerprint density at radius 1 is 0.960 bits per heavy atom. The smallest absolute Gasteiger partial charge is 0.255 e. The minimum absolute atomic E-state index is 0.318. The number of pyridine rings is 1. The molecule has 0 aliphatic rings. The first-order valence-electron chi connectivity index (χ1n) is 7.26. The normalized spacial score (nSPS) is 10.4. The number of carbonyl (C=O) groups excluding carboxylic acids is 1. The largest absolute Gasteiger partial charge is 0.340 e. The quantitative estimate of drug-likeness (QED) is 0.688. The van der Waals surface area contributed by atoms with Crippen molar-refractivity contribution in [2.75, 3.05) is 10.6 Å². The molecule has 1 aromatic heterocycles. The van der Waals surface area contributed by atoms with Crippen molar-refractivity contribution in [3.05, 3.63) is 83.0 Å². The molecule has 2 aromatic carbocycles. The van der Waals surface area contributed by atoms with Gasteiger partial charge in [-0.1, -0.05) is 17.7 Å². The fourth-order valence-electron chi connectivity index (χ4n) is 2.13. The van der Waals surface area contributed by atoms with Crippen LogP contribution in [-0.2, 0) is 0 Å². The van der Waals surface area contributed by atoms with Crippen LogP contribution >= 0.6 is 11.6 Å².